The van der Waals surface area contributed by atoms with E-state index in [9.17, 15) is 9.59 Å². The molecule has 6 nitrogen and oxygen atoms in total. The molecular weight excluding hydrogens is 342 g/mol. The van der Waals surface area contributed by atoms with Gasteiger partial charge in [0, 0.05) is 17.6 Å². The van der Waals surface area contributed by atoms with Gasteiger partial charge in [-0.25, -0.2) is 4.79 Å². The largest absolute Gasteiger partial charge is 0.465 e. The predicted octanol–water partition coefficient (Wildman–Crippen LogP) is 4.17. The summed E-state index contributed by atoms with van der Waals surface area (Å²) in [6.45, 7) is 1.92. The van der Waals surface area contributed by atoms with Gasteiger partial charge in [-0.2, -0.15) is 0 Å². The van der Waals surface area contributed by atoms with Crippen molar-refractivity contribution in [1.82, 2.24) is 4.98 Å². The van der Waals surface area contributed by atoms with Crippen molar-refractivity contribution in [3.63, 3.8) is 0 Å². The highest BCUT2D eigenvalue weighted by molar-refractivity contribution is 6.04. The average molecular weight is 361 g/mol. The van der Waals surface area contributed by atoms with Gasteiger partial charge in [0.05, 0.1) is 18.4 Å². The number of aryl methyl sites for hydroxylation is 1. The number of amides is 1. The van der Waals surface area contributed by atoms with Crippen LogP contribution in [-0.2, 0) is 4.74 Å². The molecule has 1 amide bonds. The van der Waals surface area contributed by atoms with Crippen molar-refractivity contribution in [2.75, 3.05) is 17.7 Å². The van der Waals surface area contributed by atoms with Crippen molar-refractivity contribution in [3.8, 4) is 0 Å². The van der Waals surface area contributed by atoms with Crippen LogP contribution in [0.25, 0.3) is 0 Å². The first kappa shape index (κ1) is 18.1. The lowest BCUT2D eigenvalue weighted by Crippen LogP contribution is -2.14. The van der Waals surface area contributed by atoms with Crippen LogP contribution in [-0.4, -0.2) is 24.0 Å². The third-order valence-corrected chi connectivity index (χ3v) is 4.00. The Bertz CT molecular complexity index is 986. The van der Waals surface area contributed by atoms with Crippen LogP contribution in [0.3, 0.4) is 0 Å². The fourth-order valence-electron chi connectivity index (χ4n) is 2.57. The summed E-state index contributed by atoms with van der Waals surface area (Å²) < 4.78 is 4.80. The molecule has 0 unspecified atom stereocenters. The molecule has 6 heteroatoms. The predicted molar refractivity (Wildman–Crippen MR) is 104 cm³/mol. The van der Waals surface area contributed by atoms with Crippen LogP contribution in [0.1, 0.15) is 26.4 Å². The molecule has 1 aromatic heterocycles. The molecule has 0 aliphatic rings. The number of para-hydroxylation sites is 2. The van der Waals surface area contributed by atoms with Crippen molar-refractivity contribution in [2.24, 2.45) is 0 Å². The second kappa shape index (κ2) is 8.14. The maximum Gasteiger partial charge on any atom is 0.339 e. The molecule has 0 atom stereocenters. The lowest BCUT2D eigenvalue weighted by atomic mass is 10.1. The minimum Gasteiger partial charge on any atom is -0.465 e. The second-order valence-electron chi connectivity index (χ2n) is 5.86. The first-order chi connectivity index (χ1) is 13.1. The Hall–Kier alpha value is -3.67. The number of carbonyl (C=O) groups is 2. The minimum atomic E-state index is -0.440. The molecule has 0 saturated heterocycles. The second-order valence-corrected chi connectivity index (χ2v) is 5.86. The minimum absolute atomic E-state index is 0.263. The highest BCUT2D eigenvalue weighted by atomic mass is 16.5. The van der Waals surface area contributed by atoms with E-state index in [1.165, 1.54) is 13.3 Å². The maximum absolute atomic E-state index is 12.5. The molecule has 0 radical (unpaired) electrons. The number of rotatable bonds is 5. The molecule has 27 heavy (non-hydrogen) atoms. The molecule has 3 aromatic rings. The van der Waals surface area contributed by atoms with Crippen molar-refractivity contribution in [1.29, 1.82) is 0 Å². The van der Waals surface area contributed by atoms with Crippen LogP contribution in [0.2, 0.25) is 0 Å². The van der Waals surface area contributed by atoms with Crippen molar-refractivity contribution < 1.29 is 14.3 Å². The summed E-state index contributed by atoms with van der Waals surface area (Å²) in [5.41, 5.74) is 3.59. The Morgan fingerprint density at radius 2 is 1.67 bits per heavy atom. The van der Waals surface area contributed by atoms with Gasteiger partial charge in [0.15, 0.2) is 0 Å². The molecule has 2 aromatic carbocycles. The number of carbonyl (C=O) groups excluding carboxylic acids is 2. The van der Waals surface area contributed by atoms with Gasteiger partial charge in [-0.1, -0.05) is 30.3 Å². The number of aromatic nitrogens is 1. The van der Waals surface area contributed by atoms with Gasteiger partial charge < -0.3 is 15.4 Å². The maximum atomic E-state index is 12.5. The number of hydrogen-bond acceptors (Lipinski definition) is 5. The molecule has 0 bridgehead atoms. The Labute approximate surface area is 157 Å². The van der Waals surface area contributed by atoms with E-state index in [0.29, 0.717) is 16.9 Å². The van der Waals surface area contributed by atoms with Crippen LogP contribution in [0.5, 0.6) is 0 Å². The molecule has 0 spiro atoms. The van der Waals surface area contributed by atoms with E-state index in [4.69, 9.17) is 4.74 Å². The van der Waals surface area contributed by atoms with E-state index in [-0.39, 0.29) is 11.6 Å². The molecule has 136 valence electrons. The van der Waals surface area contributed by atoms with Gasteiger partial charge in [-0.05, 0) is 42.8 Å². The van der Waals surface area contributed by atoms with Crippen molar-refractivity contribution in [2.45, 2.75) is 6.92 Å². The highest BCUT2D eigenvalue weighted by Crippen LogP contribution is 2.22. The number of esters is 1. The van der Waals surface area contributed by atoms with Crippen LogP contribution < -0.4 is 10.6 Å². The topological polar surface area (TPSA) is 80.3 Å². The van der Waals surface area contributed by atoms with E-state index in [0.717, 1.165) is 11.3 Å². The molecule has 1 heterocycles. The summed E-state index contributed by atoms with van der Waals surface area (Å²) in [6, 6.07) is 17.9. The lowest BCUT2D eigenvalue weighted by Gasteiger charge is -2.12. The molecule has 0 aliphatic heterocycles. The Kier molecular flexibility index (Phi) is 5.47. The standard InChI is InChI=1S/C21H19N3O3/c1-14-7-3-5-9-17(14)24-20(25)19-13-15(11-12-22-19)23-18-10-6-4-8-16(18)21(26)27-2/h3-13H,1-2H3,(H,22,23)(H,24,25). The van der Waals surface area contributed by atoms with Crippen LogP contribution in [0.15, 0.2) is 66.9 Å². The van der Waals surface area contributed by atoms with Gasteiger partial charge in [-0.3, -0.25) is 9.78 Å². The SMILES string of the molecule is COC(=O)c1ccccc1Nc1ccnc(C(=O)Nc2ccccc2C)c1. The zero-order valence-electron chi connectivity index (χ0n) is 15.0. The fourth-order valence-corrected chi connectivity index (χ4v) is 2.57. The summed E-state index contributed by atoms with van der Waals surface area (Å²) in [7, 11) is 1.33. The van der Waals surface area contributed by atoms with Crippen molar-refractivity contribution in [3.05, 3.63) is 83.7 Å². The van der Waals surface area contributed by atoms with E-state index in [1.807, 2.05) is 37.3 Å². The van der Waals surface area contributed by atoms with Crippen LogP contribution in [0.4, 0.5) is 17.1 Å². The summed E-state index contributed by atoms with van der Waals surface area (Å²) in [6.07, 6.45) is 1.54. The van der Waals surface area contributed by atoms with Crippen LogP contribution in [0, 0.1) is 6.92 Å². The van der Waals surface area contributed by atoms with E-state index >= 15 is 0 Å². The fraction of sp³-hybridized carbons (Fsp3) is 0.0952. The summed E-state index contributed by atoms with van der Waals surface area (Å²) >= 11 is 0. The summed E-state index contributed by atoms with van der Waals surface area (Å²) in [5, 5.41) is 5.99. The number of methoxy groups -OCH3 is 1. The zero-order valence-corrected chi connectivity index (χ0v) is 15.0. The first-order valence-corrected chi connectivity index (χ1v) is 8.36. The number of hydrogen-bond donors (Lipinski definition) is 2. The van der Waals surface area contributed by atoms with Crippen LogP contribution >= 0.6 is 0 Å². The van der Waals surface area contributed by atoms with E-state index in [1.54, 1.807) is 30.3 Å². The number of anilines is 3. The van der Waals surface area contributed by atoms with Crippen molar-refractivity contribution >= 4 is 28.9 Å². The summed E-state index contributed by atoms with van der Waals surface area (Å²) in [4.78, 5) is 28.5. The molecular formula is C21H19N3O3. The third-order valence-electron chi connectivity index (χ3n) is 4.00. The number of ether oxygens (including phenoxy) is 1. The lowest BCUT2D eigenvalue weighted by molar-refractivity contribution is 0.0601. The Morgan fingerprint density at radius 1 is 0.963 bits per heavy atom. The molecule has 3 rings (SSSR count). The number of nitrogens with one attached hydrogen (secondary N) is 2. The molecule has 2 N–H and O–H groups in total. The monoisotopic (exact) mass is 361 g/mol. The zero-order chi connectivity index (χ0) is 19.2. The summed E-state index contributed by atoms with van der Waals surface area (Å²) in [5.74, 6) is -0.751. The van der Waals surface area contributed by atoms with E-state index < -0.39 is 5.97 Å². The molecule has 0 aliphatic carbocycles. The van der Waals surface area contributed by atoms with E-state index in [2.05, 4.69) is 15.6 Å². The normalized spacial score (nSPS) is 10.1. The smallest absolute Gasteiger partial charge is 0.339 e. The quantitative estimate of drug-likeness (QED) is 0.667. The molecule has 0 saturated carbocycles. The first-order valence-electron chi connectivity index (χ1n) is 8.36. The van der Waals surface area contributed by atoms with Gasteiger partial charge >= 0.3 is 5.97 Å². The molecule has 0 fully saturated rings. The Morgan fingerprint density at radius 3 is 2.41 bits per heavy atom. The van der Waals surface area contributed by atoms with Gasteiger partial charge in [0.25, 0.3) is 5.91 Å². The number of pyridine rings is 1. The average Bonchev–Trinajstić information content (AvgIpc) is 2.70. The number of nitrogens with zero attached hydrogens (tertiary/aromatic N) is 1. The van der Waals surface area contributed by atoms with Gasteiger partial charge in [-0.15, -0.1) is 0 Å². The Balaban J connectivity index is 1.81. The highest BCUT2D eigenvalue weighted by Gasteiger charge is 2.13. The number of benzene rings is 2. The van der Waals surface area contributed by atoms with Gasteiger partial charge in [0.2, 0.25) is 0 Å². The van der Waals surface area contributed by atoms with Gasteiger partial charge in [0.1, 0.15) is 5.69 Å². The third kappa shape index (κ3) is 4.30.